The molecule has 4 rings (SSSR count). The van der Waals surface area contributed by atoms with Crippen molar-refractivity contribution in [3.8, 4) is 0 Å². The molecule has 5 heteroatoms. The number of rotatable bonds is 4. The summed E-state index contributed by atoms with van der Waals surface area (Å²) in [4.78, 5) is 30.8. The summed E-state index contributed by atoms with van der Waals surface area (Å²) in [6.45, 7) is 4.15. The molecule has 5 nitrogen and oxygen atoms in total. The Kier molecular flexibility index (Phi) is 5.76. The Balaban J connectivity index is 1.32. The van der Waals surface area contributed by atoms with Crippen LogP contribution in [0.25, 0.3) is 6.08 Å². The molecule has 0 saturated carbocycles. The molecule has 0 atom stereocenters. The predicted molar refractivity (Wildman–Crippen MR) is 116 cm³/mol. The molecule has 1 fully saturated rings. The standard InChI is InChI=1S/C24H27N3O2/c1-25-22-11-9-21(18-20(22)10-12-23(25)28)24(29)27-16-14-26(15-17-27)13-5-8-19-6-3-2-4-7-19/h2-9,11,18H,10,12-17H2,1H3/b8-5+. The number of piperazine rings is 1. The lowest BCUT2D eigenvalue weighted by Crippen LogP contribution is -2.48. The summed E-state index contributed by atoms with van der Waals surface area (Å²) in [5.74, 6) is 0.223. The molecular formula is C24H27N3O2. The number of carbonyl (C=O) groups is 2. The Hall–Kier alpha value is -2.92. The Morgan fingerprint density at radius 2 is 1.76 bits per heavy atom. The molecule has 2 aliphatic rings. The first-order valence-electron chi connectivity index (χ1n) is 10.2. The van der Waals surface area contributed by atoms with E-state index in [4.69, 9.17) is 0 Å². The average Bonchev–Trinajstić information content (AvgIpc) is 2.77. The van der Waals surface area contributed by atoms with Gasteiger partial charge in [0.1, 0.15) is 0 Å². The van der Waals surface area contributed by atoms with Crippen molar-refractivity contribution in [1.29, 1.82) is 0 Å². The second kappa shape index (κ2) is 8.62. The lowest BCUT2D eigenvalue weighted by Gasteiger charge is -2.34. The lowest BCUT2D eigenvalue weighted by atomic mass is 9.98. The monoisotopic (exact) mass is 389 g/mol. The highest BCUT2D eigenvalue weighted by atomic mass is 16.2. The summed E-state index contributed by atoms with van der Waals surface area (Å²) < 4.78 is 0. The van der Waals surface area contributed by atoms with Gasteiger partial charge >= 0.3 is 0 Å². The van der Waals surface area contributed by atoms with Crippen LogP contribution in [0.1, 0.15) is 27.9 Å². The van der Waals surface area contributed by atoms with Gasteiger partial charge in [0.2, 0.25) is 5.91 Å². The summed E-state index contributed by atoms with van der Waals surface area (Å²) in [5, 5.41) is 0. The van der Waals surface area contributed by atoms with Crippen molar-refractivity contribution in [2.45, 2.75) is 12.8 Å². The third-order valence-corrected chi connectivity index (χ3v) is 5.80. The second-order valence-electron chi connectivity index (χ2n) is 7.70. The molecule has 0 bridgehead atoms. The van der Waals surface area contributed by atoms with Gasteiger partial charge in [-0.25, -0.2) is 0 Å². The third-order valence-electron chi connectivity index (χ3n) is 5.80. The lowest BCUT2D eigenvalue weighted by molar-refractivity contribution is -0.118. The van der Waals surface area contributed by atoms with Crippen LogP contribution in [0.15, 0.2) is 54.6 Å². The maximum Gasteiger partial charge on any atom is 0.253 e. The largest absolute Gasteiger partial charge is 0.336 e. The molecule has 0 aliphatic carbocycles. The van der Waals surface area contributed by atoms with Gasteiger partial charge in [0, 0.05) is 57.4 Å². The van der Waals surface area contributed by atoms with E-state index in [2.05, 4.69) is 29.2 Å². The van der Waals surface area contributed by atoms with Crippen LogP contribution in [0.5, 0.6) is 0 Å². The molecule has 2 amide bonds. The molecule has 2 aromatic rings. The predicted octanol–water partition coefficient (Wildman–Crippen LogP) is 3.07. The fourth-order valence-corrected chi connectivity index (χ4v) is 4.01. The van der Waals surface area contributed by atoms with Gasteiger partial charge in [0.25, 0.3) is 5.91 Å². The van der Waals surface area contributed by atoms with E-state index in [0.717, 1.165) is 49.5 Å². The van der Waals surface area contributed by atoms with Gasteiger partial charge in [-0.2, -0.15) is 0 Å². The van der Waals surface area contributed by atoms with Gasteiger partial charge in [-0.1, -0.05) is 42.5 Å². The topological polar surface area (TPSA) is 43.9 Å². The van der Waals surface area contributed by atoms with E-state index in [9.17, 15) is 9.59 Å². The molecule has 29 heavy (non-hydrogen) atoms. The van der Waals surface area contributed by atoms with Crippen molar-refractivity contribution < 1.29 is 9.59 Å². The van der Waals surface area contributed by atoms with E-state index in [1.54, 1.807) is 11.9 Å². The van der Waals surface area contributed by atoms with Crippen LogP contribution in [0.3, 0.4) is 0 Å². The third kappa shape index (κ3) is 4.40. The van der Waals surface area contributed by atoms with E-state index in [1.165, 1.54) is 5.56 Å². The highest BCUT2D eigenvalue weighted by Gasteiger charge is 2.25. The molecule has 1 saturated heterocycles. The minimum Gasteiger partial charge on any atom is -0.336 e. The molecular weight excluding hydrogens is 362 g/mol. The van der Waals surface area contributed by atoms with Crippen LogP contribution >= 0.6 is 0 Å². The summed E-state index contributed by atoms with van der Waals surface area (Å²) in [7, 11) is 1.80. The van der Waals surface area contributed by atoms with Crippen LogP contribution < -0.4 is 4.90 Å². The van der Waals surface area contributed by atoms with Crippen molar-refractivity contribution in [1.82, 2.24) is 9.80 Å². The molecule has 0 unspecified atom stereocenters. The van der Waals surface area contributed by atoms with E-state index < -0.39 is 0 Å². The normalized spacial score (nSPS) is 17.6. The molecule has 0 spiro atoms. The first-order chi connectivity index (χ1) is 14.1. The van der Waals surface area contributed by atoms with Crippen LogP contribution in [0.2, 0.25) is 0 Å². The Morgan fingerprint density at radius 3 is 2.52 bits per heavy atom. The minimum absolute atomic E-state index is 0.0897. The van der Waals surface area contributed by atoms with E-state index in [0.29, 0.717) is 12.8 Å². The van der Waals surface area contributed by atoms with Crippen molar-refractivity contribution in [3.05, 3.63) is 71.3 Å². The Bertz CT molecular complexity index is 915. The SMILES string of the molecule is CN1C(=O)CCc2cc(C(=O)N3CCN(C/C=C/c4ccccc4)CC3)ccc21. The zero-order valence-electron chi connectivity index (χ0n) is 16.9. The van der Waals surface area contributed by atoms with Gasteiger partial charge in [0.05, 0.1) is 0 Å². The number of nitrogens with zero attached hydrogens (tertiary/aromatic N) is 3. The highest BCUT2D eigenvalue weighted by Crippen LogP contribution is 2.28. The van der Waals surface area contributed by atoms with Gasteiger partial charge < -0.3 is 9.80 Å². The molecule has 2 aliphatic heterocycles. The number of hydrogen-bond donors (Lipinski definition) is 0. The van der Waals surface area contributed by atoms with Gasteiger partial charge in [0.15, 0.2) is 0 Å². The number of benzene rings is 2. The Morgan fingerprint density at radius 1 is 1.00 bits per heavy atom. The number of anilines is 1. The van der Waals surface area contributed by atoms with Crippen molar-refractivity contribution in [2.75, 3.05) is 44.7 Å². The Labute approximate surface area is 172 Å². The molecule has 0 radical (unpaired) electrons. The molecule has 2 aromatic carbocycles. The van der Waals surface area contributed by atoms with Crippen molar-refractivity contribution in [3.63, 3.8) is 0 Å². The quantitative estimate of drug-likeness (QED) is 0.807. The molecule has 0 aromatic heterocycles. The fourth-order valence-electron chi connectivity index (χ4n) is 4.01. The first-order valence-corrected chi connectivity index (χ1v) is 10.2. The van der Waals surface area contributed by atoms with E-state index in [1.807, 2.05) is 41.3 Å². The number of fused-ring (bicyclic) bond motifs is 1. The summed E-state index contributed by atoms with van der Waals surface area (Å²) in [6, 6.07) is 16.0. The zero-order valence-corrected chi connectivity index (χ0v) is 16.9. The zero-order chi connectivity index (χ0) is 20.2. The van der Waals surface area contributed by atoms with Crippen molar-refractivity contribution >= 4 is 23.6 Å². The molecule has 2 heterocycles. The van der Waals surface area contributed by atoms with Crippen LogP contribution in [-0.4, -0.2) is 61.4 Å². The minimum atomic E-state index is 0.0897. The van der Waals surface area contributed by atoms with Crippen LogP contribution in [0.4, 0.5) is 5.69 Å². The molecule has 150 valence electrons. The van der Waals surface area contributed by atoms with Gasteiger partial charge in [-0.3, -0.25) is 14.5 Å². The second-order valence-corrected chi connectivity index (χ2v) is 7.70. The van der Waals surface area contributed by atoms with E-state index >= 15 is 0 Å². The smallest absolute Gasteiger partial charge is 0.253 e. The van der Waals surface area contributed by atoms with Crippen LogP contribution in [0, 0.1) is 0 Å². The summed E-state index contributed by atoms with van der Waals surface area (Å²) in [6.07, 6.45) is 5.55. The maximum absolute atomic E-state index is 12.9. The van der Waals surface area contributed by atoms with Crippen LogP contribution in [-0.2, 0) is 11.2 Å². The maximum atomic E-state index is 12.9. The number of amides is 2. The van der Waals surface area contributed by atoms with Crippen molar-refractivity contribution in [2.24, 2.45) is 0 Å². The van der Waals surface area contributed by atoms with Gasteiger partial charge in [-0.15, -0.1) is 0 Å². The van der Waals surface area contributed by atoms with E-state index in [-0.39, 0.29) is 11.8 Å². The summed E-state index contributed by atoms with van der Waals surface area (Å²) >= 11 is 0. The number of hydrogen-bond acceptors (Lipinski definition) is 3. The molecule has 0 N–H and O–H groups in total. The number of carbonyl (C=O) groups excluding carboxylic acids is 2. The van der Waals surface area contributed by atoms with Gasteiger partial charge in [-0.05, 0) is 35.7 Å². The average molecular weight is 389 g/mol. The number of aryl methyl sites for hydroxylation is 1. The highest BCUT2D eigenvalue weighted by molar-refractivity contribution is 5.99. The fraction of sp³-hybridized carbons (Fsp3) is 0.333. The first kappa shape index (κ1) is 19.4. The summed E-state index contributed by atoms with van der Waals surface area (Å²) in [5.41, 5.74) is 3.94.